The fourth-order valence-electron chi connectivity index (χ4n) is 0.156. The van der Waals surface area contributed by atoms with Gasteiger partial charge in [-0.1, -0.05) is 0 Å². The zero-order chi connectivity index (χ0) is 4.83. The molecular formula is C4H9N2Re-. The van der Waals surface area contributed by atoms with Gasteiger partial charge in [-0.25, -0.2) is 0 Å². The van der Waals surface area contributed by atoms with E-state index in [1.807, 2.05) is 7.05 Å². The molecule has 0 saturated carbocycles. The van der Waals surface area contributed by atoms with E-state index in [9.17, 15) is 0 Å². The Kier molecular flexibility index (Phi) is 13.8. The van der Waals surface area contributed by atoms with E-state index in [4.69, 9.17) is 0 Å². The number of hydrogen-bond acceptors (Lipinski definition) is 2. The summed E-state index contributed by atoms with van der Waals surface area (Å²) in [6.07, 6.45) is 1.52. The number of nitrogens with one attached hydrogen (secondary N) is 1. The fourth-order valence-corrected chi connectivity index (χ4v) is 0.156. The zero-order valence-corrected chi connectivity index (χ0v) is 7.03. The molecule has 0 aromatic rings. The molecule has 0 bridgehead atoms. The predicted octanol–water partition coefficient (Wildman–Crippen LogP) is 0.0657. The first-order valence-corrected chi connectivity index (χ1v) is 1.84. The average Bonchev–Trinajstić information content (AvgIpc) is 1.61. The molecule has 0 heterocycles. The minimum Gasteiger partial charge on any atom is -0.364 e. The van der Waals surface area contributed by atoms with Gasteiger partial charge in [0.1, 0.15) is 0 Å². The van der Waals surface area contributed by atoms with Crippen molar-refractivity contribution in [2.45, 2.75) is 0 Å². The van der Waals surface area contributed by atoms with Crippen LogP contribution in [0, 0.1) is 6.92 Å². The molecule has 0 fully saturated rings. The monoisotopic (exact) mass is 272 g/mol. The first-order valence-electron chi connectivity index (χ1n) is 1.84. The maximum Gasteiger partial charge on any atom is 0.0848 e. The standard InChI is InChI=1S/C4H9N2.Re/c1-3-6-4-5-2;/h3,5H,1,4H2,2H3;/q-1;. The molecule has 0 aliphatic heterocycles. The van der Waals surface area contributed by atoms with Gasteiger partial charge in [0, 0.05) is 20.4 Å². The molecule has 3 heteroatoms. The zero-order valence-electron chi connectivity index (χ0n) is 4.32. The van der Waals surface area contributed by atoms with Crippen LogP contribution in [-0.2, 0) is 20.4 Å². The first kappa shape index (κ1) is 10.2. The van der Waals surface area contributed by atoms with Crippen LogP contribution < -0.4 is 5.32 Å². The Hall–Kier alpha value is 0.162. The Bertz CT molecular complexity index is 45.0. The molecule has 43 valence electrons. The molecule has 0 aromatic carbocycles. The van der Waals surface area contributed by atoms with Crippen molar-refractivity contribution in [3.8, 4) is 0 Å². The summed E-state index contributed by atoms with van der Waals surface area (Å²) in [5, 5.41) is 2.83. The van der Waals surface area contributed by atoms with Crippen molar-refractivity contribution < 1.29 is 20.4 Å². The summed E-state index contributed by atoms with van der Waals surface area (Å²) >= 11 is 0. The van der Waals surface area contributed by atoms with Gasteiger partial charge in [-0.15, -0.1) is 6.21 Å². The van der Waals surface area contributed by atoms with Gasteiger partial charge in [0.25, 0.3) is 0 Å². The SMILES string of the molecule is [CH2-]C=NCNC.[Re]. The number of nitrogens with zero attached hydrogens (tertiary/aromatic N) is 1. The van der Waals surface area contributed by atoms with E-state index < -0.39 is 0 Å². The smallest absolute Gasteiger partial charge is 0.0848 e. The van der Waals surface area contributed by atoms with Crippen molar-refractivity contribution >= 4 is 6.21 Å². The maximum absolute atomic E-state index is 3.74. The summed E-state index contributed by atoms with van der Waals surface area (Å²) in [6, 6.07) is 0. The summed E-state index contributed by atoms with van der Waals surface area (Å²) in [4.78, 5) is 3.74. The molecule has 0 aliphatic carbocycles. The van der Waals surface area contributed by atoms with Crippen molar-refractivity contribution in [2.75, 3.05) is 13.7 Å². The van der Waals surface area contributed by atoms with E-state index >= 15 is 0 Å². The van der Waals surface area contributed by atoms with Gasteiger partial charge in [-0.05, 0) is 7.05 Å². The van der Waals surface area contributed by atoms with Crippen molar-refractivity contribution in [2.24, 2.45) is 4.99 Å². The summed E-state index contributed by atoms with van der Waals surface area (Å²) in [7, 11) is 1.84. The van der Waals surface area contributed by atoms with Crippen LogP contribution in [0.3, 0.4) is 0 Å². The van der Waals surface area contributed by atoms with Crippen molar-refractivity contribution in [1.29, 1.82) is 0 Å². The van der Waals surface area contributed by atoms with E-state index in [1.165, 1.54) is 6.21 Å². The third-order valence-corrected chi connectivity index (χ3v) is 0.379. The third kappa shape index (κ3) is 10.7. The molecular weight excluding hydrogens is 262 g/mol. The van der Waals surface area contributed by atoms with Crippen molar-refractivity contribution in [3.05, 3.63) is 6.92 Å². The number of hydrogen-bond donors (Lipinski definition) is 1. The topological polar surface area (TPSA) is 24.4 Å². The van der Waals surface area contributed by atoms with E-state index in [0.29, 0.717) is 6.67 Å². The van der Waals surface area contributed by atoms with E-state index in [2.05, 4.69) is 17.2 Å². The Labute approximate surface area is 58.1 Å². The summed E-state index contributed by atoms with van der Waals surface area (Å²) in [5.74, 6) is 0. The fraction of sp³-hybridized carbons (Fsp3) is 0.500. The van der Waals surface area contributed by atoms with Gasteiger partial charge in [0.15, 0.2) is 0 Å². The Morgan fingerprint density at radius 3 is 2.57 bits per heavy atom. The minimum absolute atomic E-state index is 0. The van der Waals surface area contributed by atoms with Gasteiger partial charge in [-0.3, -0.25) is 0 Å². The Morgan fingerprint density at radius 2 is 2.43 bits per heavy atom. The molecule has 7 heavy (non-hydrogen) atoms. The van der Waals surface area contributed by atoms with Crippen LogP contribution in [-0.4, -0.2) is 19.9 Å². The molecule has 1 N–H and O–H groups in total. The molecule has 0 aromatic heterocycles. The van der Waals surface area contributed by atoms with Crippen LogP contribution in [0.2, 0.25) is 0 Å². The van der Waals surface area contributed by atoms with E-state index in [0.717, 1.165) is 0 Å². The molecule has 2 nitrogen and oxygen atoms in total. The summed E-state index contributed by atoms with van der Waals surface area (Å²) in [6.45, 7) is 4.06. The van der Waals surface area contributed by atoms with Gasteiger partial charge >= 0.3 is 0 Å². The second-order valence-electron chi connectivity index (χ2n) is 0.877. The van der Waals surface area contributed by atoms with Gasteiger partial charge in [-0.2, -0.15) is 0 Å². The molecule has 0 saturated heterocycles. The molecule has 0 spiro atoms. The van der Waals surface area contributed by atoms with Crippen LogP contribution in [0.25, 0.3) is 0 Å². The van der Waals surface area contributed by atoms with Crippen molar-refractivity contribution in [1.82, 2.24) is 5.32 Å². The van der Waals surface area contributed by atoms with Crippen LogP contribution in [0.5, 0.6) is 0 Å². The summed E-state index contributed by atoms with van der Waals surface area (Å²) in [5.41, 5.74) is 0. The first-order chi connectivity index (χ1) is 2.91. The number of rotatable bonds is 2. The molecule has 0 atom stereocenters. The molecule has 0 aliphatic rings. The van der Waals surface area contributed by atoms with Gasteiger partial charge in [0.2, 0.25) is 0 Å². The molecule has 1 radical (unpaired) electrons. The van der Waals surface area contributed by atoms with Crippen LogP contribution in [0.15, 0.2) is 4.99 Å². The average molecular weight is 271 g/mol. The van der Waals surface area contributed by atoms with Crippen LogP contribution in [0.4, 0.5) is 0 Å². The Balaban J connectivity index is 0. The summed E-state index contributed by atoms with van der Waals surface area (Å²) < 4.78 is 0. The minimum atomic E-state index is 0. The quantitative estimate of drug-likeness (QED) is 0.558. The predicted molar refractivity (Wildman–Crippen MR) is 27.8 cm³/mol. The maximum atomic E-state index is 3.74. The molecule has 0 amide bonds. The second-order valence-corrected chi connectivity index (χ2v) is 0.877. The molecule has 0 rings (SSSR count). The second kappa shape index (κ2) is 9.48. The van der Waals surface area contributed by atoms with Crippen LogP contribution >= 0.6 is 0 Å². The third-order valence-electron chi connectivity index (χ3n) is 0.379. The van der Waals surface area contributed by atoms with E-state index in [-0.39, 0.29) is 20.4 Å². The van der Waals surface area contributed by atoms with Gasteiger partial charge < -0.3 is 17.2 Å². The normalized spacial score (nSPS) is 8.71. The van der Waals surface area contributed by atoms with E-state index in [1.54, 1.807) is 0 Å². The largest absolute Gasteiger partial charge is 0.364 e. The Morgan fingerprint density at radius 1 is 1.86 bits per heavy atom. The number of aliphatic imine (C=N–C) groups is 1. The molecule has 0 unspecified atom stereocenters. The van der Waals surface area contributed by atoms with Crippen molar-refractivity contribution in [3.63, 3.8) is 0 Å². The van der Waals surface area contributed by atoms with Crippen LogP contribution in [0.1, 0.15) is 0 Å². The van der Waals surface area contributed by atoms with Gasteiger partial charge in [0.05, 0.1) is 6.67 Å².